The monoisotopic (exact) mass is 335 g/mol. The summed E-state index contributed by atoms with van der Waals surface area (Å²) in [6.45, 7) is 9.14. The van der Waals surface area contributed by atoms with Gasteiger partial charge in [0.1, 0.15) is 12.2 Å². The number of nitrogens with zero attached hydrogens (tertiary/aromatic N) is 4. The quantitative estimate of drug-likeness (QED) is 0.916. The predicted octanol–water partition coefficient (Wildman–Crippen LogP) is 1.90. The molecule has 1 spiro atoms. The van der Waals surface area contributed by atoms with Crippen LogP contribution in [0.3, 0.4) is 0 Å². The van der Waals surface area contributed by atoms with Gasteiger partial charge in [-0.3, -0.25) is 0 Å². The minimum absolute atomic E-state index is 0. The van der Waals surface area contributed by atoms with Crippen molar-refractivity contribution >= 4 is 24.8 Å². The Bertz CT molecular complexity index is 412. The molecule has 3 heterocycles. The van der Waals surface area contributed by atoms with Gasteiger partial charge < -0.3 is 14.8 Å². The highest BCUT2D eigenvalue weighted by Crippen LogP contribution is 2.37. The summed E-state index contributed by atoms with van der Waals surface area (Å²) in [4.78, 5) is 2.65. The summed E-state index contributed by atoms with van der Waals surface area (Å²) in [5.74, 6) is 1.02. The van der Waals surface area contributed by atoms with E-state index in [-0.39, 0.29) is 24.8 Å². The van der Waals surface area contributed by atoms with Crippen molar-refractivity contribution in [3.63, 3.8) is 0 Å². The van der Waals surface area contributed by atoms with Gasteiger partial charge in [0, 0.05) is 19.6 Å². The molecule has 7 heteroatoms. The summed E-state index contributed by atoms with van der Waals surface area (Å²) >= 11 is 0. The Labute approximate surface area is 139 Å². The van der Waals surface area contributed by atoms with Gasteiger partial charge in [-0.2, -0.15) is 0 Å². The van der Waals surface area contributed by atoms with Crippen LogP contribution in [0.5, 0.6) is 0 Å². The molecule has 0 aliphatic carbocycles. The lowest BCUT2D eigenvalue weighted by Gasteiger charge is -2.45. The molecule has 0 radical (unpaired) electrons. The molecule has 1 aromatic heterocycles. The standard InChI is InChI=1S/C14H25N5.2ClH/c1-13-17-16-12-19(13)10-9-18-8-2-3-14(11-18)4-6-15-7-5-14;;/h12,15H,2-11H2,1H3;2*1H. The fourth-order valence-corrected chi connectivity index (χ4v) is 3.65. The van der Waals surface area contributed by atoms with Crippen molar-refractivity contribution in [1.29, 1.82) is 0 Å². The average molecular weight is 336 g/mol. The number of aromatic nitrogens is 3. The summed E-state index contributed by atoms with van der Waals surface area (Å²) in [6.07, 6.45) is 7.35. The molecule has 0 unspecified atom stereocenters. The summed E-state index contributed by atoms with van der Waals surface area (Å²) in [5.41, 5.74) is 0.603. The number of piperidine rings is 2. The Hall–Kier alpha value is -0.360. The van der Waals surface area contributed by atoms with Gasteiger partial charge in [0.2, 0.25) is 0 Å². The Morgan fingerprint density at radius 3 is 2.62 bits per heavy atom. The van der Waals surface area contributed by atoms with E-state index in [0.29, 0.717) is 5.41 Å². The van der Waals surface area contributed by atoms with Gasteiger partial charge in [0.25, 0.3) is 0 Å². The maximum Gasteiger partial charge on any atom is 0.129 e. The van der Waals surface area contributed by atoms with Gasteiger partial charge in [-0.1, -0.05) is 0 Å². The molecule has 0 bridgehead atoms. The summed E-state index contributed by atoms with van der Waals surface area (Å²) < 4.78 is 2.16. The third-order valence-corrected chi connectivity index (χ3v) is 4.87. The van der Waals surface area contributed by atoms with Crippen LogP contribution in [0.15, 0.2) is 6.33 Å². The number of aryl methyl sites for hydroxylation is 1. The van der Waals surface area contributed by atoms with Crippen molar-refractivity contribution in [2.45, 2.75) is 39.2 Å². The number of likely N-dealkylation sites (tertiary alicyclic amines) is 1. The summed E-state index contributed by atoms with van der Waals surface area (Å²) in [5, 5.41) is 11.5. The topological polar surface area (TPSA) is 46.0 Å². The summed E-state index contributed by atoms with van der Waals surface area (Å²) in [7, 11) is 0. The molecule has 0 atom stereocenters. The van der Waals surface area contributed by atoms with E-state index >= 15 is 0 Å². The average Bonchev–Trinajstić information content (AvgIpc) is 2.83. The normalized spacial score (nSPS) is 21.6. The fraction of sp³-hybridized carbons (Fsp3) is 0.857. The Balaban J connectivity index is 0.00000110. The van der Waals surface area contributed by atoms with Crippen LogP contribution in [0.4, 0.5) is 0 Å². The zero-order chi connectivity index (χ0) is 13.1. The van der Waals surface area contributed by atoms with Crippen LogP contribution in [0.2, 0.25) is 0 Å². The Kier molecular flexibility index (Phi) is 7.40. The van der Waals surface area contributed by atoms with Crippen LogP contribution < -0.4 is 5.32 Å². The van der Waals surface area contributed by atoms with E-state index < -0.39 is 0 Å². The lowest BCUT2D eigenvalue weighted by atomic mass is 9.73. The predicted molar refractivity (Wildman–Crippen MR) is 89.5 cm³/mol. The van der Waals surface area contributed by atoms with Crippen molar-refractivity contribution in [3.05, 3.63) is 12.2 Å². The molecule has 0 aromatic carbocycles. The molecule has 5 nitrogen and oxygen atoms in total. The smallest absolute Gasteiger partial charge is 0.129 e. The van der Waals surface area contributed by atoms with Crippen LogP contribution in [0, 0.1) is 12.3 Å². The highest BCUT2D eigenvalue weighted by molar-refractivity contribution is 5.85. The van der Waals surface area contributed by atoms with E-state index in [4.69, 9.17) is 0 Å². The Morgan fingerprint density at radius 1 is 1.19 bits per heavy atom. The van der Waals surface area contributed by atoms with Gasteiger partial charge in [-0.25, -0.2) is 0 Å². The molecular weight excluding hydrogens is 309 g/mol. The highest BCUT2D eigenvalue weighted by Gasteiger charge is 2.36. The fourth-order valence-electron chi connectivity index (χ4n) is 3.65. The van der Waals surface area contributed by atoms with Gasteiger partial charge in [-0.15, -0.1) is 35.0 Å². The van der Waals surface area contributed by atoms with Crippen LogP contribution in [-0.4, -0.2) is 52.4 Å². The zero-order valence-electron chi connectivity index (χ0n) is 12.8. The minimum atomic E-state index is 0. The second-order valence-corrected chi connectivity index (χ2v) is 6.20. The van der Waals surface area contributed by atoms with Crippen molar-refractivity contribution in [3.8, 4) is 0 Å². The van der Waals surface area contributed by atoms with E-state index in [2.05, 4.69) is 25.0 Å². The Morgan fingerprint density at radius 2 is 1.95 bits per heavy atom. The maximum absolute atomic E-state index is 4.05. The van der Waals surface area contributed by atoms with Crippen molar-refractivity contribution in [2.75, 3.05) is 32.7 Å². The second kappa shape index (κ2) is 8.32. The molecule has 1 aromatic rings. The number of hydrogen-bond donors (Lipinski definition) is 1. The molecule has 0 saturated carbocycles. The van der Waals surface area contributed by atoms with Crippen LogP contribution >= 0.6 is 24.8 Å². The number of rotatable bonds is 3. The second-order valence-electron chi connectivity index (χ2n) is 6.20. The van der Waals surface area contributed by atoms with E-state index in [0.717, 1.165) is 18.9 Å². The molecule has 3 rings (SSSR count). The lowest BCUT2D eigenvalue weighted by Crippen LogP contribution is -2.49. The minimum Gasteiger partial charge on any atom is -0.317 e. The lowest BCUT2D eigenvalue weighted by molar-refractivity contribution is 0.0576. The van der Waals surface area contributed by atoms with Crippen molar-refractivity contribution in [2.24, 2.45) is 5.41 Å². The molecule has 2 saturated heterocycles. The van der Waals surface area contributed by atoms with E-state index in [1.165, 1.54) is 51.9 Å². The van der Waals surface area contributed by atoms with E-state index in [1.807, 2.05) is 13.3 Å². The van der Waals surface area contributed by atoms with Gasteiger partial charge in [0.05, 0.1) is 0 Å². The molecule has 2 fully saturated rings. The number of hydrogen-bond acceptors (Lipinski definition) is 4. The van der Waals surface area contributed by atoms with Crippen LogP contribution in [-0.2, 0) is 6.54 Å². The molecule has 2 aliphatic heterocycles. The first kappa shape index (κ1) is 18.7. The first-order chi connectivity index (χ1) is 9.27. The van der Waals surface area contributed by atoms with Gasteiger partial charge in [-0.05, 0) is 57.7 Å². The molecule has 1 N–H and O–H groups in total. The van der Waals surface area contributed by atoms with E-state index in [9.17, 15) is 0 Å². The van der Waals surface area contributed by atoms with Crippen LogP contribution in [0.1, 0.15) is 31.5 Å². The maximum atomic E-state index is 4.05. The summed E-state index contributed by atoms with van der Waals surface area (Å²) in [6, 6.07) is 0. The highest BCUT2D eigenvalue weighted by atomic mass is 35.5. The first-order valence-electron chi connectivity index (χ1n) is 7.55. The van der Waals surface area contributed by atoms with Crippen molar-refractivity contribution < 1.29 is 0 Å². The number of halogens is 2. The first-order valence-corrected chi connectivity index (χ1v) is 7.55. The molecule has 0 amide bonds. The molecule has 122 valence electrons. The van der Waals surface area contributed by atoms with Crippen molar-refractivity contribution in [1.82, 2.24) is 25.0 Å². The third-order valence-electron chi connectivity index (χ3n) is 4.87. The van der Waals surface area contributed by atoms with E-state index in [1.54, 1.807) is 0 Å². The van der Waals surface area contributed by atoms with Gasteiger partial charge >= 0.3 is 0 Å². The zero-order valence-corrected chi connectivity index (χ0v) is 14.4. The molecular formula is C14H27Cl2N5. The molecule has 2 aliphatic rings. The largest absolute Gasteiger partial charge is 0.317 e. The number of nitrogens with one attached hydrogen (secondary N) is 1. The van der Waals surface area contributed by atoms with Gasteiger partial charge in [0.15, 0.2) is 0 Å². The SMILES string of the molecule is Cc1nncn1CCN1CCCC2(CCNCC2)C1.Cl.Cl. The van der Waals surface area contributed by atoms with Crippen LogP contribution in [0.25, 0.3) is 0 Å². The third kappa shape index (κ3) is 4.55. The molecule has 21 heavy (non-hydrogen) atoms.